The fourth-order valence-electron chi connectivity index (χ4n) is 1.18. The fourth-order valence-corrected chi connectivity index (χ4v) is 1.18. The third-order valence-electron chi connectivity index (χ3n) is 2.90. The van der Waals surface area contributed by atoms with Crippen molar-refractivity contribution in [2.75, 3.05) is 6.54 Å². The molecule has 2 heteroatoms. The lowest BCUT2D eigenvalue weighted by atomic mass is 9.88. The van der Waals surface area contributed by atoms with E-state index in [0.717, 1.165) is 19.4 Å². The van der Waals surface area contributed by atoms with Gasteiger partial charge < -0.3 is 5.32 Å². The minimum absolute atomic E-state index is 0.180. The van der Waals surface area contributed by atoms with E-state index in [-0.39, 0.29) is 11.0 Å². The van der Waals surface area contributed by atoms with Crippen LogP contribution >= 0.6 is 0 Å². The first-order valence-electron chi connectivity index (χ1n) is 5.97. The highest BCUT2D eigenvalue weighted by molar-refractivity contribution is 5.83. The molecule has 90 valence electrons. The van der Waals surface area contributed by atoms with Gasteiger partial charge in [0, 0.05) is 17.4 Å². The number of carbonyl (C=O) groups is 1. The van der Waals surface area contributed by atoms with Gasteiger partial charge in [0.2, 0.25) is 0 Å². The Balaban J connectivity index is 3.69. The number of hydrogen-bond acceptors (Lipinski definition) is 2. The molecule has 0 unspecified atom stereocenters. The lowest BCUT2D eigenvalue weighted by Crippen LogP contribution is -2.39. The number of rotatable bonds is 6. The molecule has 1 N–H and O–H groups in total. The zero-order chi connectivity index (χ0) is 12.1. The SMILES string of the molecule is CCC(C)(C)NCCCC(=O)C(C)(C)C. The third kappa shape index (κ3) is 6.67. The van der Waals surface area contributed by atoms with Crippen molar-refractivity contribution in [1.82, 2.24) is 5.32 Å². The van der Waals surface area contributed by atoms with Crippen LogP contribution in [0.5, 0.6) is 0 Å². The lowest BCUT2D eigenvalue weighted by Gasteiger charge is -2.25. The Kier molecular flexibility index (Phi) is 5.50. The molecule has 15 heavy (non-hydrogen) atoms. The van der Waals surface area contributed by atoms with E-state index in [1.807, 2.05) is 20.8 Å². The summed E-state index contributed by atoms with van der Waals surface area (Å²) >= 11 is 0. The highest BCUT2D eigenvalue weighted by Crippen LogP contribution is 2.17. The summed E-state index contributed by atoms with van der Waals surface area (Å²) in [6.07, 6.45) is 2.75. The van der Waals surface area contributed by atoms with Gasteiger partial charge in [-0.15, -0.1) is 0 Å². The average Bonchev–Trinajstić information content (AvgIpc) is 2.10. The van der Waals surface area contributed by atoms with Crippen molar-refractivity contribution in [3.05, 3.63) is 0 Å². The Labute approximate surface area is 94.8 Å². The summed E-state index contributed by atoms with van der Waals surface area (Å²) < 4.78 is 0. The van der Waals surface area contributed by atoms with Crippen molar-refractivity contribution in [2.45, 2.75) is 66.3 Å². The van der Waals surface area contributed by atoms with Crippen LogP contribution < -0.4 is 5.32 Å². The fraction of sp³-hybridized carbons (Fsp3) is 0.923. The molecule has 0 aromatic heterocycles. The van der Waals surface area contributed by atoms with Gasteiger partial charge in [-0.1, -0.05) is 27.7 Å². The van der Waals surface area contributed by atoms with Crippen molar-refractivity contribution in [2.24, 2.45) is 5.41 Å². The lowest BCUT2D eigenvalue weighted by molar-refractivity contribution is -0.126. The zero-order valence-electron chi connectivity index (χ0n) is 11.2. The maximum Gasteiger partial charge on any atom is 0.138 e. The summed E-state index contributed by atoms with van der Waals surface area (Å²) in [4.78, 5) is 11.6. The first kappa shape index (κ1) is 14.6. The van der Waals surface area contributed by atoms with Gasteiger partial charge in [-0.2, -0.15) is 0 Å². The Morgan fingerprint density at radius 2 is 1.67 bits per heavy atom. The number of nitrogens with one attached hydrogen (secondary N) is 1. The minimum atomic E-state index is -0.180. The smallest absolute Gasteiger partial charge is 0.138 e. The Morgan fingerprint density at radius 3 is 2.07 bits per heavy atom. The zero-order valence-corrected chi connectivity index (χ0v) is 11.2. The second kappa shape index (κ2) is 5.64. The first-order chi connectivity index (χ1) is 6.69. The van der Waals surface area contributed by atoms with Crippen LogP contribution in [0, 0.1) is 5.41 Å². The molecule has 0 spiro atoms. The second-order valence-corrected chi connectivity index (χ2v) is 5.94. The van der Waals surface area contributed by atoms with Gasteiger partial charge in [0.05, 0.1) is 0 Å². The van der Waals surface area contributed by atoms with Crippen LogP contribution in [0.2, 0.25) is 0 Å². The molecule has 0 fully saturated rings. The maximum absolute atomic E-state index is 11.6. The molecule has 0 saturated carbocycles. The molecule has 0 radical (unpaired) electrons. The standard InChI is InChI=1S/C13H27NO/c1-7-13(5,6)14-10-8-9-11(15)12(2,3)4/h14H,7-10H2,1-6H3. The van der Waals surface area contributed by atoms with Crippen LogP contribution in [0.4, 0.5) is 0 Å². The third-order valence-corrected chi connectivity index (χ3v) is 2.90. The van der Waals surface area contributed by atoms with Crippen LogP contribution in [0.1, 0.15) is 60.8 Å². The monoisotopic (exact) mass is 213 g/mol. The first-order valence-corrected chi connectivity index (χ1v) is 5.97. The van der Waals surface area contributed by atoms with Crippen molar-refractivity contribution >= 4 is 5.78 Å². The van der Waals surface area contributed by atoms with Crippen molar-refractivity contribution < 1.29 is 4.79 Å². The Hall–Kier alpha value is -0.370. The molecule has 0 aromatic carbocycles. The minimum Gasteiger partial charge on any atom is -0.312 e. The molecular weight excluding hydrogens is 186 g/mol. The summed E-state index contributed by atoms with van der Waals surface area (Å²) in [7, 11) is 0. The number of carbonyl (C=O) groups excluding carboxylic acids is 1. The Bertz CT molecular complexity index is 201. The average molecular weight is 213 g/mol. The molecule has 0 heterocycles. The molecular formula is C13H27NO. The van der Waals surface area contributed by atoms with Gasteiger partial charge in [0.15, 0.2) is 0 Å². The molecule has 2 nitrogen and oxygen atoms in total. The van der Waals surface area contributed by atoms with Crippen molar-refractivity contribution in [3.63, 3.8) is 0 Å². The molecule has 0 atom stereocenters. The molecule has 0 bridgehead atoms. The second-order valence-electron chi connectivity index (χ2n) is 5.94. The van der Waals surface area contributed by atoms with Gasteiger partial charge >= 0.3 is 0 Å². The van der Waals surface area contributed by atoms with E-state index >= 15 is 0 Å². The Morgan fingerprint density at radius 1 is 1.13 bits per heavy atom. The molecule has 0 aliphatic heterocycles. The van der Waals surface area contributed by atoms with Crippen LogP contribution in [0.3, 0.4) is 0 Å². The van der Waals surface area contributed by atoms with Gasteiger partial charge in [-0.05, 0) is 33.2 Å². The highest BCUT2D eigenvalue weighted by atomic mass is 16.1. The van der Waals surface area contributed by atoms with Crippen molar-refractivity contribution in [3.8, 4) is 0 Å². The molecule has 0 aromatic rings. The normalized spacial score (nSPS) is 12.9. The van der Waals surface area contributed by atoms with Crippen molar-refractivity contribution in [1.29, 1.82) is 0 Å². The predicted molar refractivity (Wildman–Crippen MR) is 66.1 cm³/mol. The van der Waals surface area contributed by atoms with Gasteiger partial charge in [-0.25, -0.2) is 0 Å². The summed E-state index contributed by atoms with van der Waals surface area (Å²) in [5, 5.41) is 3.46. The van der Waals surface area contributed by atoms with Crippen LogP contribution in [-0.4, -0.2) is 17.9 Å². The molecule has 0 rings (SSSR count). The van der Waals surface area contributed by atoms with E-state index in [1.165, 1.54) is 0 Å². The summed E-state index contributed by atoms with van der Waals surface area (Å²) in [5.41, 5.74) is 0.0189. The van der Waals surface area contributed by atoms with E-state index < -0.39 is 0 Å². The van der Waals surface area contributed by atoms with Crippen LogP contribution in [0.25, 0.3) is 0 Å². The predicted octanol–water partition coefficient (Wildman–Crippen LogP) is 3.16. The maximum atomic E-state index is 11.6. The molecule has 0 aliphatic rings. The summed E-state index contributed by atoms with van der Waals surface area (Å²) in [5.74, 6) is 0.360. The summed E-state index contributed by atoms with van der Waals surface area (Å²) in [6.45, 7) is 13.4. The quantitative estimate of drug-likeness (QED) is 0.687. The largest absolute Gasteiger partial charge is 0.312 e. The van der Waals surface area contributed by atoms with Gasteiger partial charge in [0.25, 0.3) is 0 Å². The van der Waals surface area contributed by atoms with Gasteiger partial charge in [0.1, 0.15) is 5.78 Å². The van der Waals surface area contributed by atoms with E-state index in [1.54, 1.807) is 0 Å². The van der Waals surface area contributed by atoms with E-state index in [4.69, 9.17) is 0 Å². The van der Waals surface area contributed by atoms with Gasteiger partial charge in [-0.3, -0.25) is 4.79 Å². The van der Waals surface area contributed by atoms with E-state index in [2.05, 4.69) is 26.1 Å². The van der Waals surface area contributed by atoms with Crippen LogP contribution in [-0.2, 0) is 4.79 Å². The number of ketones is 1. The summed E-state index contributed by atoms with van der Waals surface area (Å²) in [6, 6.07) is 0. The topological polar surface area (TPSA) is 29.1 Å². The van der Waals surface area contributed by atoms with E-state index in [0.29, 0.717) is 12.2 Å². The number of hydrogen-bond donors (Lipinski definition) is 1. The van der Waals surface area contributed by atoms with Crippen LogP contribution in [0.15, 0.2) is 0 Å². The molecule has 0 saturated heterocycles. The number of Topliss-reactive ketones (excluding diaryl/α,β-unsaturated/α-hetero) is 1. The highest BCUT2D eigenvalue weighted by Gasteiger charge is 2.20. The molecule has 0 amide bonds. The van der Waals surface area contributed by atoms with E-state index in [9.17, 15) is 4.79 Å². The molecule has 0 aliphatic carbocycles.